The number of furan rings is 1. The number of rotatable bonds is 5. The van der Waals surface area contributed by atoms with Crippen LogP contribution in [0.4, 0.5) is 0 Å². The van der Waals surface area contributed by atoms with Gasteiger partial charge in [0.05, 0.1) is 11.0 Å². The monoisotopic (exact) mass is 345 g/mol. The van der Waals surface area contributed by atoms with E-state index in [1.807, 2.05) is 0 Å². The standard InChI is InChI=1S/C18H20BrNO/c1-3-7-14-15-10-12-8-5-6-9-13(12)17(19)18(15)21-16(14)11-20-4-2/h5-6,8-10,20H,3-4,7,11H2,1-2H3. The molecule has 2 nitrogen and oxygen atoms in total. The molecule has 3 heteroatoms. The number of nitrogens with one attached hydrogen (secondary N) is 1. The average molecular weight is 346 g/mol. The predicted molar refractivity (Wildman–Crippen MR) is 92.8 cm³/mol. The maximum atomic E-state index is 6.18. The molecule has 1 N–H and O–H groups in total. The summed E-state index contributed by atoms with van der Waals surface area (Å²) in [5.41, 5.74) is 2.32. The fourth-order valence-corrected chi connectivity index (χ4v) is 3.50. The molecule has 0 saturated carbocycles. The third-order valence-electron chi connectivity index (χ3n) is 3.86. The van der Waals surface area contributed by atoms with Crippen LogP contribution in [0, 0.1) is 0 Å². The van der Waals surface area contributed by atoms with E-state index in [0.29, 0.717) is 0 Å². The van der Waals surface area contributed by atoms with Gasteiger partial charge in [0.25, 0.3) is 0 Å². The summed E-state index contributed by atoms with van der Waals surface area (Å²) in [5, 5.41) is 7.08. The van der Waals surface area contributed by atoms with E-state index in [4.69, 9.17) is 4.42 Å². The van der Waals surface area contributed by atoms with Crippen molar-refractivity contribution in [1.82, 2.24) is 5.32 Å². The van der Waals surface area contributed by atoms with Crippen LogP contribution in [-0.4, -0.2) is 6.54 Å². The Kier molecular flexibility index (Phi) is 4.32. The zero-order chi connectivity index (χ0) is 14.8. The summed E-state index contributed by atoms with van der Waals surface area (Å²) in [4.78, 5) is 0. The third-order valence-corrected chi connectivity index (χ3v) is 4.65. The normalized spacial score (nSPS) is 11.6. The molecule has 0 unspecified atom stereocenters. The van der Waals surface area contributed by atoms with Gasteiger partial charge in [0.1, 0.15) is 11.3 Å². The van der Waals surface area contributed by atoms with Crippen LogP contribution in [0.5, 0.6) is 0 Å². The van der Waals surface area contributed by atoms with Crippen molar-refractivity contribution in [1.29, 1.82) is 0 Å². The first-order valence-electron chi connectivity index (χ1n) is 7.58. The second-order valence-corrected chi connectivity index (χ2v) is 6.12. The van der Waals surface area contributed by atoms with Gasteiger partial charge in [-0.3, -0.25) is 0 Å². The lowest BCUT2D eigenvalue weighted by atomic mass is 10.0. The van der Waals surface area contributed by atoms with Crippen molar-refractivity contribution in [2.24, 2.45) is 0 Å². The molecule has 0 atom stereocenters. The molecule has 110 valence electrons. The van der Waals surface area contributed by atoms with Gasteiger partial charge in [0, 0.05) is 10.9 Å². The Morgan fingerprint density at radius 1 is 1.14 bits per heavy atom. The van der Waals surface area contributed by atoms with Crippen LogP contribution in [0.25, 0.3) is 21.7 Å². The van der Waals surface area contributed by atoms with Crippen LogP contribution in [0.3, 0.4) is 0 Å². The summed E-state index contributed by atoms with van der Waals surface area (Å²) in [6, 6.07) is 10.7. The fourth-order valence-electron chi connectivity index (χ4n) is 2.85. The molecule has 0 radical (unpaired) electrons. The topological polar surface area (TPSA) is 25.2 Å². The van der Waals surface area contributed by atoms with Crippen molar-refractivity contribution in [3.8, 4) is 0 Å². The van der Waals surface area contributed by atoms with E-state index in [1.54, 1.807) is 0 Å². The lowest BCUT2D eigenvalue weighted by Gasteiger charge is -2.03. The number of halogens is 1. The summed E-state index contributed by atoms with van der Waals surface area (Å²) in [5.74, 6) is 1.07. The Labute approximate surface area is 133 Å². The molecule has 0 bridgehead atoms. The van der Waals surface area contributed by atoms with E-state index in [-0.39, 0.29) is 0 Å². The van der Waals surface area contributed by atoms with Gasteiger partial charge in [0.15, 0.2) is 0 Å². The van der Waals surface area contributed by atoms with Gasteiger partial charge < -0.3 is 9.73 Å². The number of aryl methyl sites for hydroxylation is 1. The summed E-state index contributed by atoms with van der Waals surface area (Å²) < 4.78 is 7.25. The van der Waals surface area contributed by atoms with Gasteiger partial charge >= 0.3 is 0 Å². The van der Waals surface area contributed by atoms with Crippen LogP contribution < -0.4 is 5.32 Å². The number of hydrogen-bond acceptors (Lipinski definition) is 2. The molecule has 1 aromatic heterocycles. The van der Waals surface area contributed by atoms with E-state index in [0.717, 1.165) is 41.7 Å². The van der Waals surface area contributed by atoms with Crippen molar-refractivity contribution in [3.63, 3.8) is 0 Å². The maximum absolute atomic E-state index is 6.18. The molecular weight excluding hydrogens is 326 g/mol. The summed E-state index contributed by atoms with van der Waals surface area (Å²) in [6.07, 6.45) is 2.18. The molecule has 1 heterocycles. The first-order valence-corrected chi connectivity index (χ1v) is 8.37. The SMILES string of the molecule is CCCc1c(CNCC)oc2c(Br)c3ccccc3cc12. The van der Waals surface area contributed by atoms with E-state index >= 15 is 0 Å². The highest BCUT2D eigenvalue weighted by molar-refractivity contribution is 9.10. The zero-order valence-corrected chi connectivity index (χ0v) is 14.1. The first-order chi connectivity index (χ1) is 10.3. The lowest BCUT2D eigenvalue weighted by molar-refractivity contribution is 0.512. The fraction of sp³-hybridized carbons (Fsp3) is 0.333. The highest BCUT2D eigenvalue weighted by atomic mass is 79.9. The van der Waals surface area contributed by atoms with Gasteiger partial charge in [-0.1, -0.05) is 44.5 Å². The smallest absolute Gasteiger partial charge is 0.149 e. The number of hydrogen-bond donors (Lipinski definition) is 1. The second-order valence-electron chi connectivity index (χ2n) is 5.32. The number of benzene rings is 2. The largest absolute Gasteiger partial charge is 0.458 e. The highest BCUT2D eigenvalue weighted by Gasteiger charge is 2.17. The Hall–Kier alpha value is -1.32. The maximum Gasteiger partial charge on any atom is 0.149 e. The summed E-state index contributed by atoms with van der Waals surface area (Å²) in [7, 11) is 0. The van der Waals surface area contributed by atoms with Crippen LogP contribution in [0.15, 0.2) is 39.2 Å². The molecule has 0 spiro atoms. The summed E-state index contributed by atoms with van der Waals surface area (Å²) >= 11 is 3.74. The van der Waals surface area contributed by atoms with Gasteiger partial charge in [0.2, 0.25) is 0 Å². The van der Waals surface area contributed by atoms with Gasteiger partial charge in [-0.05, 0) is 45.7 Å². The predicted octanol–water partition coefficient (Wildman–Crippen LogP) is 5.41. The molecular formula is C18H20BrNO. The molecule has 0 aliphatic heterocycles. The molecule has 2 aromatic carbocycles. The van der Waals surface area contributed by atoms with Crippen LogP contribution in [0.2, 0.25) is 0 Å². The molecule has 3 rings (SSSR count). The Morgan fingerprint density at radius 2 is 1.95 bits per heavy atom. The van der Waals surface area contributed by atoms with Gasteiger partial charge in [-0.25, -0.2) is 0 Å². The van der Waals surface area contributed by atoms with Crippen LogP contribution in [-0.2, 0) is 13.0 Å². The molecule has 3 aromatic rings. The molecule has 0 aliphatic carbocycles. The first kappa shape index (κ1) is 14.6. The van der Waals surface area contributed by atoms with Crippen molar-refractivity contribution in [2.45, 2.75) is 33.2 Å². The van der Waals surface area contributed by atoms with Crippen molar-refractivity contribution in [2.75, 3.05) is 6.54 Å². The van der Waals surface area contributed by atoms with Crippen molar-refractivity contribution < 1.29 is 4.42 Å². The van der Waals surface area contributed by atoms with Crippen LogP contribution in [0.1, 0.15) is 31.6 Å². The van der Waals surface area contributed by atoms with E-state index < -0.39 is 0 Å². The molecule has 0 amide bonds. The van der Waals surface area contributed by atoms with E-state index in [2.05, 4.69) is 65.4 Å². The highest BCUT2D eigenvalue weighted by Crippen LogP contribution is 2.37. The second kappa shape index (κ2) is 6.20. The Balaban J connectivity index is 2.27. The quantitative estimate of drug-likeness (QED) is 0.668. The molecule has 0 saturated heterocycles. The zero-order valence-electron chi connectivity index (χ0n) is 12.5. The van der Waals surface area contributed by atoms with E-state index in [1.165, 1.54) is 21.7 Å². The molecule has 0 aliphatic rings. The third kappa shape index (κ3) is 2.60. The minimum Gasteiger partial charge on any atom is -0.458 e. The van der Waals surface area contributed by atoms with Crippen molar-refractivity contribution >= 4 is 37.7 Å². The molecule has 0 fully saturated rings. The van der Waals surface area contributed by atoms with Crippen molar-refractivity contribution in [3.05, 3.63) is 46.1 Å². The minimum atomic E-state index is 0.795. The average Bonchev–Trinajstić information content (AvgIpc) is 2.84. The minimum absolute atomic E-state index is 0.795. The Bertz CT molecular complexity index is 776. The van der Waals surface area contributed by atoms with Gasteiger partial charge in [-0.2, -0.15) is 0 Å². The van der Waals surface area contributed by atoms with Crippen LogP contribution >= 0.6 is 15.9 Å². The van der Waals surface area contributed by atoms with Gasteiger partial charge in [-0.15, -0.1) is 0 Å². The lowest BCUT2D eigenvalue weighted by Crippen LogP contribution is -2.12. The number of fused-ring (bicyclic) bond motifs is 2. The molecule has 21 heavy (non-hydrogen) atoms. The summed E-state index contributed by atoms with van der Waals surface area (Å²) in [6.45, 7) is 6.08. The van der Waals surface area contributed by atoms with E-state index in [9.17, 15) is 0 Å². The Morgan fingerprint density at radius 3 is 2.71 bits per heavy atom.